The molecule has 0 spiro atoms. The number of H-pyrrole nitrogens is 1. The van der Waals surface area contributed by atoms with Crippen molar-refractivity contribution in [1.82, 2.24) is 10.4 Å². The van der Waals surface area contributed by atoms with Crippen LogP contribution in [0.2, 0.25) is 5.02 Å². The topological polar surface area (TPSA) is 103 Å². The summed E-state index contributed by atoms with van der Waals surface area (Å²) < 4.78 is 27.8. The number of carbonyl (C=O) groups excluding carboxylic acids is 1. The molecule has 0 aliphatic rings. The lowest BCUT2D eigenvalue weighted by Gasteiger charge is -2.09. The van der Waals surface area contributed by atoms with Gasteiger partial charge in [0.1, 0.15) is 0 Å². The number of para-hydroxylation sites is 1. The molecule has 9 heteroatoms. The second-order valence-corrected chi connectivity index (χ2v) is 9.17. The minimum atomic E-state index is -3.88. The van der Waals surface area contributed by atoms with E-state index in [2.05, 4.69) is 20.2 Å². The van der Waals surface area contributed by atoms with Crippen LogP contribution in [0.1, 0.15) is 21.6 Å². The zero-order chi connectivity index (χ0) is 22.7. The van der Waals surface area contributed by atoms with Crippen LogP contribution in [0.15, 0.2) is 82.8 Å². The Morgan fingerprint density at radius 3 is 2.56 bits per heavy atom. The van der Waals surface area contributed by atoms with Gasteiger partial charge in [0.05, 0.1) is 11.1 Å². The van der Waals surface area contributed by atoms with Crippen LogP contribution in [-0.4, -0.2) is 25.5 Å². The van der Waals surface area contributed by atoms with Crippen LogP contribution < -0.4 is 10.1 Å². The van der Waals surface area contributed by atoms with Gasteiger partial charge in [0.15, 0.2) is 0 Å². The van der Waals surface area contributed by atoms with Gasteiger partial charge in [-0.05, 0) is 55.5 Å². The molecule has 1 aromatic heterocycles. The molecular formula is C23H19ClN4O3S. The van der Waals surface area contributed by atoms with Crippen molar-refractivity contribution < 1.29 is 13.2 Å². The molecule has 4 rings (SSSR count). The standard InChI is InChI=1S/C23H19ClN4O3S/c1-15-21(20-7-2-3-8-22(20)26-15)14-25-27-23(29)16-5-4-6-19(13-16)32(30,31)28-18-11-9-17(24)10-12-18/h2-14,26,28H,1H3,(H,27,29)/b25-14+. The van der Waals surface area contributed by atoms with E-state index in [-0.39, 0.29) is 10.5 Å². The first-order valence-corrected chi connectivity index (χ1v) is 11.5. The van der Waals surface area contributed by atoms with Crippen LogP contribution in [0.4, 0.5) is 5.69 Å². The molecule has 1 heterocycles. The average molecular weight is 467 g/mol. The van der Waals surface area contributed by atoms with Gasteiger partial charge in [0.2, 0.25) is 0 Å². The Balaban J connectivity index is 1.50. The molecule has 3 N–H and O–H groups in total. The van der Waals surface area contributed by atoms with Crippen molar-refractivity contribution >= 4 is 50.3 Å². The van der Waals surface area contributed by atoms with E-state index >= 15 is 0 Å². The maximum Gasteiger partial charge on any atom is 0.271 e. The molecule has 32 heavy (non-hydrogen) atoms. The first kappa shape index (κ1) is 21.6. The van der Waals surface area contributed by atoms with Crippen molar-refractivity contribution in [2.75, 3.05) is 4.72 Å². The fourth-order valence-corrected chi connectivity index (χ4v) is 4.45. The predicted molar refractivity (Wildman–Crippen MR) is 127 cm³/mol. The number of aromatic amines is 1. The third kappa shape index (κ3) is 4.66. The van der Waals surface area contributed by atoms with Gasteiger partial charge in [0, 0.05) is 38.4 Å². The quantitative estimate of drug-likeness (QED) is 0.283. The second-order valence-electron chi connectivity index (χ2n) is 7.05. The summed E-state index contributed by atoms with van der Waals surface area (Å²) in [5, 5.41) is 5.53. The first-order valence-electron chi connectivity index (χ1n) is 9.63. The third-order valence-electron chi connectivity index (χ3n) is 4.81. The number of sulfonamides is 1. The molecule has 3 aromatic carbocycles. The Labute approximate surface area is 190 Å². The number of amides is 1. The summed E-state index contributed by atoms with van der Waals surface area (Å²) in [6.07, 6.45) is 1.56. The summed E-state index contributed by atoms with van der Waals surface area (Å²) in [6.45, 7) is 1.92. The summed E-state index contributed by atoms with van der Waals surface area (Å²) in [5.74, 6) is -0.526. The van der Waals surface area contributed by atoms with E-state index in [1.165, 1.54) is 24.3 Å². The molecule has 0 aliphatic carbocycles. The fraction of sp³-hybridized carbons (Fsp3) is 0.0435. The van der Waals surface area contributed by atoms with Crippen LogP contribution in [-0.2, 0) is 10.0 Å². The van der Waals surface area contributed by atoms with Crippen molar-refractivity contribution in [3.63, 3.8) is 0 Å². The molecule has 0 bridgehead atoms. The molecule has 0 fully saturated rings. The number of anilines is 1. The first-order chi connectivity index (χ1) is 15.3. The summed E-state index contributed by atoms with van der Waals surface area (Å²) in [6, 6.07) is 19.8. The number of hydrazone groups is 1. The van der Waals surface area contributed by atoms with E-state index in [4.69, 9.17) is 11.6 Å². The van der Waals surface area contributed by atoms with Gasteiger partial charge in [-0.2, -0.15) is 5.10 Å². The van der Waals surface area contributed by atoms with Gasteiger partial charge in [-0.15, -0.1) is 0 Å². The van der Waals surface area contributed by atoms with Crippen LogP contribution >= 0.6 is 11.6 Å². The van der Waals surface area contributed by atoms with Gasteiger partial charge in [-0.1, -0.05) is 35.9 Å². The molecule has 4 aromatic rings. The normalized spacial score (nSPS) is 11.7. The zero-order valence-corrected chi connectivity index (χ0v) is 18.5. The second kappa shape index (κ2) is 8.86. The van der Waals surface area contributed by atoms with E-state index in [1.54, 1.807) is 30.5 Å². The van der Waals surface area contributed by atoms with E-state index in [0.717, 1.165) is 22.2 Å². The molecule has 1 amide bonds. The number of nitrogens with one attached hydrogen (secondary N) is 3. The number of hydrogen-bond acceptors (Lipinski definition) is 4. The van der Waals surface area contributed by atoms with Crippen molar-refractivity contribution in [3.05, 3.63) is 94.6 Å². The van der Waals surface area contributed by atoms with Crippen LogP contribution in [0.3, 0.4) is 0 Å². The number of aryl methyl sites for hydroxylation is 1. The van der Waals surface area contributed by atoms with E-state index < -0.39 is 15.9 Å². The molecule has 162 valence electrons. The third-order valence-corrected chi connectivity index (χ3v) is 6.44. The van der Waals surface area contributed by atoms with Crippen molar-refractivity contribution in [2.45, 2.75) is 11.8 Å². The lowest BCUT2D eigenvalue weighted by molar-refractivity contribution is 0.0955. The van der Waals surface area contributed by atoms with Crippen LogP contribution in [0.25, 0.3) is 10.9 Å². The highest BCUT2D eigenvalue weighted by molar-refractivity contribution is 7.92. The minimum Gasteiger partial charge on any atom is -0.358 e. The molecule has 0 unspecified atom stereocenters. The number of benzene rings is 3. The van der Waals surface area contributed by atoms with Crippen LogP contribution in [0, 0.1) is 6.92 Å². The van der Waals surface area contributed by atoms with Gasteiger partial charge >= 0.3 is 0 Å². The van der Waals surface area contributed by atoms with Gasteiger partial charge in [-0.25, -0.2) is 13.8 Å². The van der Waals surface area contributed by atoms with Gasteiger partial charge < -0.3 is 4.98 Å². The van der Waals surface area contributed by atoms with Crippen molar-refractivity contribution in [2.24, 2.45) is 5.10 Å². The fourth-order valence-electron chi connectivity index (χ4n) is 3.22. The smallest absolute Gasteiger partial charge is 0.271 e. The molecule has 0 aliphatic heterocycles. The highest BCUT2D eigenvalue weighted by Crippen LogP contribution is 2.21. The van der Waals surface area contributed by atoms with Crippen molar-refractivity contribution in [1.29, 1.82) is 0 Å². The number of rotatable bonds is 6. The summed E-state index contributed by atoms with van der Waals surface area (Å²) in [4.78, 5) is 15.7. The largest absolute Gasteiger partial charge is 0.358 e. The maximum atomic E-state index is 12.7. The number of aromatic nitrogens is 1. The Morgan fingerprint density at radius 1 is 1.03 bits per heavy atom. The maximum absolute atomic E-state index is 12.7. The van der Waals surface area contributed by atoms with Gasteiger partial charge in [-0.3, -0.25) is 9.52 Å². The highest BCUT2D eigenvalue weighted by atomic mass is 35.5. The summed E-state index contributed by atoms with van der Waals surface area (Å²) in [5.41, 5.74) is 5.74. The Kier molecular flexibility index (Phi) is 5.98. The minimum absolute atomic E-state index is 0.0449. The summed E-state index contributed by atoms with van der Waals surface area (Å²) >= 11 is 5.83. The highest BCUT2D eigenvalue weighted by Gasteiger charge is 2.16. The molecule has 0 radical (unpaired) electrons. The summed E-state index contributed by atoms with van der Waals surface area (Å²) in [7, 11) is -3.88. The lowest BCUT2D eigenvalue weighted by atomic mass is 10.1. The monoisotopic (exact) mass is 466 g/mol. The van der Waals surface area contributed by atoms with Crippen LogP contribution in [0.5, 0.6) is 0 Å². The number of fused-ring (bicyclic) bond motifs is 1. The molecule has 0 atom stereocenters. The number of hydrogen-bond donors (Lipinski definition) is 3. The average Bonchev–Trinajstić information content (AvgIpc) is 3.10. The zero-order valence-electron chi connectivity index (χ0n) is 17.0. The molecule has 0 saturated heterocycles. The van der Waals surface area contributed by atoms with E-state index in [9.17, 15) is 13.2 Å². The Bertz CT molecular complexity index is 1430. The van der Waals surface area contributed by atoms with Gasteiger partial charge in [0.25, 0.3) is 15.9 Å². The van der Waals surface area contributed by atoms with E-state index in [1.807, 2.05) is 31.2 Å². The lowest BCUT2D eigenvalue weighted by Crippen LogP contribution is -2.19. The van der Waals surface area contributed by atoms with E-state index in [0.29, 0.717) is 10.7 Å². The SMILES string of the molecule is Cc1[nH]c2ccccc2c1/C=N/NC(=O)c1cccc(S(=O)(=O)Nc2ccc(Cl)cc2)c1. The number of halogens is 1. The number of carbonyl (C=O) groups is 1. The molecule has 7 nitrogen and oxygen atoms in total. The Morgan fingerprint density at radius 2 is 1.78 bits per heavy atom. The predicted octanol–water partition coefficient (Wildman–Crippen LogP) is 4.69. The Hall–Kier alpha value is -3.62. The number of nitrogens with zero attached hydrogens (tertiary/aromatic N) is 1. The molecule has 0 saturated carbocycles. The van der Waals surface area contributed by atoms with Crippen molar-refractivity contribution in [3.8, 4) is 0 Å². The molecular weight excluding hydrogens is 448 g/mol.